The van der Waals surface area contributed by atoms with Crippen LogP contribution in [0.25, 0.3) is 11.2 Å². The molecule has 0 spiro atoms. The summed E-state index contributed by atoms with van der Waals surface area (Å²) in [5.41, 5.74) is 0.273. The maximum Gasteiger partial charge on any atom is 0.332 e. The maximum absolute atomic E-state index is 12.8. The van der Waals surface area contributed by atoms with Gasteiger partial charge in [-0.1, -0.05) is 0 Å². The van der Waals surface area contributed by atoms with Crippen LogP contribution in [0.5, 0.6) is 0 Å². The first-order valence-corrected chi connectivity index (χ1v) is 10.8. The van der Waals surface area contributed by atoms with Crippen molar-refractivity contribution in [2.24, 2.45) is 20.0 Å². The fraction of sp³-hybridized carbons (Fsp3) is 0.474. The highest BCUT2D eigenvalue weighted by Gasteiger charge is 2.28. The van der Waals surface area contributed by atoms with Crippen LogP contribution in [0.15, 0.2) is 21.3 Å². The number of hydrogen-bond donors (Lipinski definition) is 1. The van der Waals surface area contributed by atoms with Gasteiger partial charge in [-0.2, -0.15) is 0 Å². The van der Waals surface area contributed by atoms with Crippen molar-refractivity contribution in [3.63, 3.8) is 0 Å². The third kappa shape index (κ3) is 3.90. The highest BCUT2D eigenvalue weighted by Crippen LogP contribution is 2.21. The van der Waals surface area contributed by atoms with E-state index in [2.05, 4.69) is 15.3 Å². The first-order valence-electron chi connectivity index (χ1n) is 9.88. The summed E-state index contributed by atoms with van der Waals surface area (Å²) in [6.45, 7) is 2.29. The Morgan fingerprint density at radius 1 is 1.23 bits per heavy atom. The van der Waals surface area contributed by atoms with Crippen molar-refractivity contribution in [3.05, 3.63) is 38.2 Å². The van der Waals surface area contributed by atoms with E-state index >= 15 is 0 Å². The summed E-state index contributed by atoms with van der Waals surface area (Å²) < 4.78 is 3.74. The van der Waals surface area contributed by atoms with Crippen LogP contribution in [0, 0.1) is 12.8 Å². The Morgan fingerprint density at radius 2 is 1.94 bits per heavy atom. The molecule has 1 saturated heterocycles. The second-order valence-corrected chi connectivity index (χ2v) is 8.56. The van der Waals surface area contributed by atoms with Crippen LogP contribution in [0.4, 0.5) is 5.13 Å². The van der Waals surface area contributed by atoms with Crippen molar-refractivity contribution >= 4 is 39.4 Å². The van der Waals surface area contributed by atoms with Crippen LogP contribution in [-0.2, 0) is 30.2 Å². The Labute approximate surface area is 180 Å². The first kappa shape index (κ1) is 21.0. The number of piperidine rings is 1. The molecule has 0 aliphatic carbocycles. The van der Waals surface area contributed by atoms with Gasteiger partial charge in [-0.3, -0.25) is 19.0 Å². The number of likely N-dealkylation sites (tertiary alicyclic amines) is 1. The largest absolute Gasteiger partial charge is 0.341 e. The summed E-state index contributed by atoms with van der Waals surface area (Å²) in [7, 11) is 3.18. The number of carbonyl (C=O) groups is 2. The van der Waals surface area contributed by atoms with E-state index in [9.17, 15) is 19.2 Å². The zero-order valence-electron chi connectivity index (χ0n) is 17.5. The lowest BCUT2D eigenvalue weighted by Gasteiger charge is -2.31. The van der Waals surface area contributed by atoms with E-state index < -0.39 is 11.2 Å². The standard InChI is InChI=1S/C19H23N7O4S/c1-11-9-31-18(21-11)22-16(28)12-4-6-25(7-5-12)13(27)8-26-17(29)14-15(20-10-23(14)2)24(3)19(26)30/h9-10,12H,4-8H2,1-3H3,(H,21,22,28). The number of nitrogens with one attached hydrogen (secondary N) is 1. The molecular weight excluding hydrogens is 422 g/mol. The number of rotatable bonds is 4. The van der Waals surface area contributed by atoms with Crippen LogP contribution < -0.4 is 16.6 Å². The molecule has 0 radical (unpaired) electrons. The molecule has 31 heavy (non-hydrogen) atoms. The van der Waals surface area contributed by atoms with Gasteiger partial charge in [-0.15, -0.1) is 11.3 Å². The molecule has 11 nitrogen and oxygen atoms in total. The van der Waals surface area contributed by atoms with E-state index in [4.69, 9.17) is 0 Å². The van der Waals surface area contributed by atoms with Crippen molar-refractivity contribution in [2.45, 2.75) is 26.3 Å². The van der Waals surface area contributed by atoms with E-state index in [0.717, 1.165) is 10.3 Å². The Kier molecular flexibility index (Phi) is 5.48. The molecule has 1 fully saturated rings. The summed E-state index contributed by atoms with van der Waals surface area (Å²) in [5.74, 6) is -0.641. The smallest absolute Gasteiger partial charge is 0.332 e. The number of anilines is 1. The van der Waals surface area contributed by atoms with Crippen molar-refractivity contribution in [2.75, 3.05) is 18.4 Å². The van der Waals surface area contributed by atoms with Gasteiger partial charge >= 0.3 is 5.69 Å². The molecule has 1 aliphatic rings. The number of hydrogen-bond acceptors (Lipinski definition) is 7. The van der Waals surface area contributed by atoms with Crippen LogP contribution in [0.2, 0.25) is 0 Å². The summed E-state index contributed by atoms with van der Waals surface area (Å²) in [4.78, 5) is 60.5. The third-order valence-corrected chi connectivity index (χ3v) is 6.44. The maximum atomic E-state index is 12.8. The molecule has 3 aromatic rings. The summed E-state index contributed by atoms with van der Waals surface area (Å²) in [6.07, 6.45) is 2.48. The molecule has 0 atom stereocenters. The Balaban J connectivity index is 1.43. The second-order valence-electron chi connectivity index (χ2n) is 7.70. The van der Waals surface area contributed by atoms with E-state index in [0.29, 0.717) is 31.1 Å². The summed E-state index contributed by atoms with van der Waals surface area (Å²) in [5, 5.41) is 5.26. The first-order chi connectivity index (χ1) is 14.8. The average Bonchev–Trinajstić information content (AvgIpc) is 3.34. The van der Waals surface area contributed by atoms with Gasteiger partial charge in [0.15, 0.2) is 16.3 Å². The molecule has 0 aromatic carbocycles. The zero-order chi connectivity index (χ0) is 22.3. The Bertz CT molecular complexity index is 1280. The van der Waals surface area contributed by atoms with E-state index in [1.54, 1.807) is 11.9 Å². The van der Waals surface area contributed by atoms with Crippen LogP contribution >= 0.6 is 11.3 Å². The number of aromatic nitrogens is 5. The van der Waals surface area contributed by atoms with Crippen molar-refractivity contribution < 1.29 is 9.59 Å². The summed E-state index contributed by atoms with van der Waals surface area (Å²) >= 11 is 1.38. The molecule has 4 heterocycles. The molecule has 1 aliphatic heterocycles. The zero-order valence-corrected chi connectivity index (χ0v) is 18.3. The number of imidazole rings is 1. The van der Waals surface area contributed by atoms with Crippen molar-refractivity contribution in [3.8, 4) is 0 Å². The molecule has 0 saturated carbocycles. The fourth-order valence-corrected chi connectivity index (χ4v) is 4.47. The highest BCUT2D eigenvalue weighted by molar-refractivity contribution is 7.13. The lowest BCUT2D eigenvalue weighted by Crippen LogP contribution is -2.47. The monoisotopic (exact) mass is 445 g/mol. The molecular formula is C19H23N7O4S. The minimum Gasteiger partial charge on any atom is -0.341 e. The van der Waals surface area contributed by atoms with Crippen LogP contribution in [0.1, 0.15) is 18.5 Å². The quantitative estimate of drug-likeness (QED) is 0.606. The third-order valence-electron chi connectivity index (χ3n) is 5.56. The van der Waals surface area contributed by atoms with Gasteiger partial charge in [0.05, 0.1) is 12.0 Å². The molecule has 0 unspecified atom stereocenters. The number of nitrogens with zero attached hydrogens (tertiary/aromatic N) is 6. The normalized spacial score (nSPS) is 14.9. The highest BCUT2D eigenvalue weighted by atomic mass is 32.1. The molecule has 4 rings (SSSR count). The topological polar surface area (TPSA) is 124 Å². The second kappa shape index (κ2) is 8.10. The SMILES string of the molecule is Cc1csc(NC(=O)C2CCN(C(=O)Cn3c(=O)c4c(ncn4C)n(C)c3=O)CC2)n1. The lowest BCUT2D eigenvalue weighted by molar-refractivity contribution is -0.135. The van der Waals surface area contributed by atoms with Crippen molar-refractivity contribution in [1.82, 2.24) is 28.6 Å². The fourth-order valence-electron chi connectivity index (χ4n) is 3.78. The molecule has 12 heteroatoms. The van der Waals surface area contributed by atoms with Gasteiger partial charge in [0.2, 0.25) is 11.8 Å². The van der Waals surface area contributed by atoms with Gasteiger partial charge in [0.25, 0.3) is 5.56 Å². The predicted molar refractivity (Wildman–Crippen MR) is 115 cm³/mol. The van der Waals surface area contributed by atoms with Crippen molar-refractivity contribution in [1.29, 1.82) is 0 Å². The molecule has 1 N–H and O–H groups in total. The van der Waals surface area contributed by atoms with Gasteiger partial charge in [-0.25, -0.2) is 19.3 Å². The summed E-state index contributed by atoms with van der Waals surface area (Å²) in [6, 6.07) is 0. The van der Waals surface area contributed by atoms with E-state index in [-0.39, 0.29) is 35.4 Å². The van der Waals surface area contributed by atoms with E-state index in [1.807, 2.05) is 12.3 Å². The number of amides is 2. The number of fused-ring (bicyclic) bond motifs is 1. The molecule has 164 valence electrons. The minimum absolute atomic E-state index is 0.104. The Morgan fingerprint density at radius 3 is 2.58 bits per heavy atom. The number of aryl methyl sites for hydroxylation is 3. The van der Waals surface area contributed by atoms with Gasteiger partial charge in [0, 0.05) is 38.5 Å². The lowest BCUT2D eigenvalue weighted by atomic mass is 9.96. The Hall–Kier alpha value is -3.28. The molecule has 2 amide bonds. The molecule has 3 aromatic heterocycles. The minimum atomic E-state index is -0.586. The number of carbonyl (C=O) groups excluding carboxylic acids is 2. The molecule has 0 bridgehead atoms. The van der Waals surface area contributed by atoms with Crippen LogP contribution in [0.3, 0.4) is 0 Å². The predicted octanol–water partition coefficient (Wildman–Crippen LogP) is 0.0759. The van der Waals surface area contributed by atoms with Crippen LogP contribution in [-0.4, -0.2) is 53.5 Å². The number of thiazole rings is 1. The van der Waals surface area contributed by atoms with Gasteiger partial charge in [0.1, 0.15) is 6.54 Å². The van der Waals surface area contributed by atoms with E-state index in [1.165, 1.54) is 33.8 Å². The average molecular weight is 446 g/mol. The van der Waals surface area contributed by atoms with Gasteiger partial charge < -0.3 is 14.8 Å². The van der Waals surface area contributed by atoms with Gasteiger partial charge in [-0.05, 0) is 19.8 Å².